The van der Waals surface area contributed by atoms with Gasteiger partial charge in [0.25, 0.3) is 0 Å². The van der Waals surface area contributed by atoms with Crippen LogP contribution < -0.4 is 10.1 Å². The zero-order valence-electron chi connectivity index (χ0n) is 15.8. The highest BCUT2D eigenvalue weighted by atomic mass is 16.6. The Kier molecular flexibility index (Phi) is 6.89. The maximum atomic E-state index is 11.8. The number of carboxylic acids is 1. The van der Waals surface area contributed by atoms with E-state index in [-0.39, 0.29) is 6.42 Å². The van der Waals surface area contributed by atoms with Crippen molar-refractivity contribution in [2.75, 3.05) is 6.61 Å². The molecule has 0 saturated heterocycles. The number of benzene rings is 1. The Morgan fingerprint density at radius 1 is 1.19 bits per heavy atom. The van der Waals surface area contributed by atoms with Crippen LogP contribution in [0.25, 0.3) is 0 Å². The molecule has 1 aromatic carbocycles. The lowest BCUT2D eigenvalue weighted by Gasteiger charge is -2.22. The highest BCUT2D eigenvalue weighted by molar-refractivity contribution is 5.80. The van der Waals surface area contributed by atoms with Gasteiger partial charge in [0.15, 0.2) is 0 Å². The van der Waals surface area contributed by atoms with Crippen molar-refractivity contribution in [1.29, 1.82) is 0 Å². The molecule has 6 nitrogen and oxygen atoms in total. The first kappa shape index (κ1) is 20.1. The van der Waals surface area contributed by atoms with E-state index in [1.807, 2.05) is 24.3 Å². The Morgan fingerprint density at radius 2 is 1.81 bits per heavy atom. The lowest BCUT2D eigenvalue weighted by Crippen LogP contribution is -2.44. The molecule has 2 rings (SSSR count). The van der Waals surface area contributed by atoms with Gasteiger partial charge in [-0.05, 0) is 57.2 Å². The van der Waals surface area contributed by atoms with Gasteiger partial charge < -0.3 is 19.9 Å². The molecule has 1 saturated carbocycles. The van der Waals surface area contributed by atoms with Gasteiger partial charge in [-0.1, -0.05) is 25.0 Å². The lowest BCUT2D eigenvalue weighted by atomic mass is 10.1. The minimum atomic E-state index is -1.10. The summed E-state index contributed by atoms with van der Waals surface area (Å²) in [6.07, 6.45) is 4.48. The molecular formula is C20H29NO5. The highest BCUT2D eigenvalue weighted by Crippen LogP contribution is 2.25. The number of carbonyl (C=O) groups is 2. The number of alkyl carbamates (subject to hydrolysis) is 1. The van der Waals surface area contributed by atoms with Crippen LogP contribution >= 0.6 is 0 Å². The summed E-state index contributed by atoms with van der Waals surface area (Å²) in [5.41, 5.74) is 0.132. The molecule has 0 aliphatic heterocycles. The van der Waals surface area contributed by atoms with Crippen LogP contribution in [-0.2, 0) is 16.0 Å². The predicted molar refractivity (Wildman–Crippen MR) is 98.4 cm³/mol. The van der Waals surface area contributed by atoms with Crippen molar-refractivity contribution in [2.24, 2.45) is 5.92 Å². The Hall–Kier alpha value is -2.24. The third-order valence-electron chi connectivity index (χ3n) is 4.31. The molecule has 1 aliphatic carbocycles. The predicted octanol–water partition coefficient (Wildman–Crippen LogP) is 3.78. The Morgan fingerprint density at radius 3 is 2.35 bits per heavy atom. The third-order valence-corrected chi connectivity index (χ3v) is 4.31. The average molecular weight is 363 g/mol. The molecule has 0 unspecified atom stereocenters. The number of carbonyl (C=O) groups excluding carboxylic acids is 1. The van der Waals surface area contributed by atoms with Gasteiger partial charge in [0.05, 0.1) is 6.61 Å². The summed E-state index contributed by atoms with van der Waals surface area (Å²) < 4.78 is 10.9. The summed E-state index contributed by atoms with van der Waals surface area (Å²) in [4.78, 5) is 23.2. The molecule has 6 heteroatoms. The molecule has 0 heterocycles. The minimum Gasteiger partial charge on any atom is -0.493 e. The van der Waals surface area contributed by atoms with Crippen molar-refractivity contribution < 1.29 is 24.2 Å². The van der Waals surface area contributed by atoms with Gasteiger partial charge >= 0.3 is 12.1 Å². The van der Waals surface area contributed by atoms with Crippen molar-refractivity contribution in [3.63, 3.8) is 0 Å². The van der Waals surface area contributed by atoms with Gasteiger partial charge in [0.2, 0.25) is 0 Å². The van der Waals surface area contributed by atoms with Crippen molar-refractivity contribution in [1.82, 2.24) is 5.32 Å². The third kappa shape index (κ3) is 6.94. The van der Waals surface area contributed by atoms with E-state index in [2.05, 4.69) is 5.32 Å². The molecule has 1 atom stereocenters. The van der Waals surface area contributed by atoms with Crippen molar-refractivity contribution >= 4 is 12.1 Å². The summed E-state index contributed by atoms with van der Waals surface area (Å²) in [6.45, 7) is 5.92. The first-order valence-electron chi connectivity index (χ1n) is 9.17. The standard InChI is InChI=1S/C20H29NO5/c1-20(2,3)26-19(24)21-17(18(22)23)12-14-8-10-16(11-9-14)25-13-15-6-4-5-7-15/h8-11,15,17H,4-7,12-13H2,1-3H3,(H,21,24)(H,22,23)/t17-/m0/s1. The van der Waals surface area contributed by atoms with Gasteiger partial charge in [-0.15, -0.1) is 0 Å². The van der Waals surface area contributed by atoms with E-state index in [4.69, 9.17) is 9.47 Å². The summed E-state index contributed by atoms with van der Waals surface area (Å²) in [5.74, 6) is 0.328. The quantitative estimate of drug-likeness (QED) is 0.770. The first-order chi connectivity index (χ1) is 12.2. The van der Waals surface area contributed by atoms with Crippen LogP contribution in [0.5, 0.6) is 5.75 Å². The number of rotatable bonds is 7. The Balaban J connectivity index is 1.87. The van der Waals surface area contributed by atoms with E-state index in [1.165, 1.54) is 25.7 Å². The normalized spacial score (nSPS) is 16.1. The van der Waals surface area contributed by atoms with Crippen LogP contribution in [0.2, 0.25) is 0 Å². The molecule has 0 spiro atoms. The second-order valence-electron chi connectivity index (χ2n) is 7.85. The summed E-state index contributed by atoms with van der Waals surface area (Å²) >= 11 is 0. The van der Waals surface area contributed by atoms with Crippen LogP contribution in [0, 0.1) is 5.92 Å². The molecule has 26 heavy (non-hydrogen) atoms. The summed E-state index contributed by atoms with van der Waals surface area (Å²) in [5, 5.41) is 11.8. The number of amides is 1. The lowest BCUT2D eigenvalue weighted by molar-refractivity contribution is -0.139. The van der Waals surface area contributed by atoms with Gasteiger partial charge in [-0.2, -0.15) is 0 Å². The summed E-state index contributed by atoms with van der Waals surface area (Å²) in [6, 6.07) is 6.30. The number of aliphatic carboxylic acids is 1. The highest BCUT2D eigenvalue weighted by Gasteiger charge is 2.24. The average Bonchev–Trinajstić information content (AvgIpc) is 3.05. The monoisotopic (exact) mass is 363 g/mol. The van der Waals surface area contributed by atoms with Crippen LogP contribution in [0.15, 0.2) is 24.3 Å². The fourth-order valence-corrected chi connectivity index (χ4v) is 3.00. The second kappa shape index (κ2) is 8.92. The van der Waals surface area contributed by atoms with Crippen LogP contribution in [0.3, 0.4) is 0 Å². The summed E-state index contributed by atoms with van der Waals surface area (Å²) in [7, 11) is 0. The number of nitrogens with one attached hydrogen (secondary N) is 1. The van der Waals surface area contributed by atoms with Gasteiger partial charge in [-0.25, -0.2) is 9.59 Å². The van der Waals surface area contributed by atoms with Crippen LogP contribution in [0.4, 0.5) is 4.79 Å². The number of hydrogen-bond acceptors (Lipinski definition) is 4. The van der Waals surface area contributed by atoms with Crippen LogP contribution in [-0.4, -0.2) is 35.4 Å². The molecule has 0 aromatic heterocycles. The van der Waals surface area contributed by atoms with Gasteiger partial charge in [-0.3, -0.25) is 0 Å². The SMILES string of the molecule is CC(C)(C)OC(=O)N[C@@H](Cc1ccc(OCC2CCCC2)cc1)C(=O)O. The maximum absolute atomic E-state index is 11.8. The molecule has 1 amide bonds. The second-order valence-corrected chi connectivity index (χ2v) is 7.85. The Bertz CT molecular complexity index is 600. The topological polar surface area (TPSA) is 84.9 Å². The van der Waals surface area contributed by atoms with Gasteiger partial charge in [0.1, 0.15) is 17.4 Å². The van der Waals surface area contributed by atoms with E-state index in [9.17, 15) is 14.7 Å². The van der Waals surface area contributed by atoms with Crippen molar-refractivity contribution in [2.45, 2.75) is 64.5 Å². The minimum absolute atomic E-state index is 0.178. The molecule has 1 aromatic rings. The number of carboxylic acid groups (broad SMARTS) is 1. The molecule has 2 N–H and O–H groups in total. The van der Waals surface area contributed by atoms with E-state index in [1.54, 1.807) is 20.8 Å². The van der Waals surface area contributed by atoms with E-state index >= 15 is 0 Å². The molecule has 1 aliphatic rings. The van der Waals surface area contributed by atoms with Crippen molar-refractivity contribution in [3.8, 4) is 5.75 Å². The molecule has 0 radical (unpaired) electrons. The smallest absolute Gasteiger partial charge is 0.408 e. The molecular weight excluding hydrogens is 334 g/mol. The van der Waals surface area contributed by atoms with E-state index < -0.39 is 23.7 Å². The van der Waals surface area contributed by atoms with E-state index in [0.29, 0.717) is 5.92 Å². The molecule has 1 fully saturated rings. The zero-order chi connectivity index (χ0) is 19.2. The number of hydrogen-bond donors (Lipinski definition) is 2. The largest absolute Gasteiger partial charge is 0.493 e. The van der Waals surface area contributed by atoms with Crippen molar-refractivity contribution in [3.05, 3.63) is 29.8 Å². The number of ether oxygens (including phenoxy) is 2. The zero-order valence-corrected chi connectivity index (χ0v) is 15.8. The van der Waals surface area contributed by atoms with Crippen LogP contribution in [0.1, 0.15) is 52.0 Å². The fraction of sp³-hybridized carbons (Fsp3) is 0.600. The fourth-order valence-electron chi connectivity index (χ4n) is 3.00. The maximum Gasteiger partial charge on any atom is 0.408 e. The van der Waals surface area contributed by atoms with Gasteiger partial charge in [0, 0.05) is 6.42 Å². The Labute approximate surface area is 154 Å². The first-order valence-corrected chi connectivity index (χ1v) is 9.17. The van der Waals surface area contributed by atoms with E-state index in [0.717, 1.165) is 17.9 Å². The molecule has 0 bridgehead atoms. The molecule has 144 valence electrons.